The van der Waals surface area contributed by atoms with Crippen LogP contribution in [0.25, 0.3) is 16.7 Å². The predicted octanol–water partition coefficient (Wildman–Crippen LogP) is 2.98. The van der Waals surface area contributed by atoms with Gasteiger partial charge >= 0.3 is 0 Å². The number of hydrogen-bond donors (Lipinski definition) is 1. The van der Waals surface area contributed by atoms with Gasteiger partial charge in [-0.05, 0) is 12.1 Å². The van der Waals surface area contributed by atoms with Crippen LogP contribution in [-0.4, -0.2) is 45.8 Å². The lowest BCUT2D eigenvalue weighted by Gasteiger charge is -2.14. The normalized spacial score (nSPS) is 10.7. The maximum Gasteiger partial charge on any atom is 0.203 e. The van der Waals surface area contributed by atoms with Crippen molar-refractivity contribution in [1.82, 2.24) is 24.5 Å². The number of ether oxygens (including phenoxy) is 3. The van der Waals surface area contributed by atoms with E-state index in [1.807, 2.05) is 35.0 Å². The summed E-state index contributed by atoms with van der Waals surface area (Å²) in [5.41, 5.74) is 1.42. The first-order valence-corrected chi connectivity index (χ1v) is 8.40. The second kappa shape index (κ2) is 7.39. The highest BCUT2D eigenvalue weighted by atomic mass is 16.5. The molecular formula is C19H18N6O3. The number of methoxy groups -OCH3 is 3. The fraction of sp³-hybridized carbons (Fsp3) is 0.158. The van der Waals surface area contributed by atoms with Gasteiger partial charge in [0.2, 0.25) is 5.75 Å². The van der Waals surface area contributed by atoms with Gasteiger partial charge in [0.15, 0.2) is 17.1 Å². The quantitative estimate of drug-likeness (QED) is 0.547. The van der Waals surface area contributed by atoms with Crippen molar-refractivity contribution < 1.29 is 14.2 Å². The predicted molar refractivity (Wildman–Crippen MR) is 104 cm³/mol. The SMILES string of the molecule is COc1cc(-n2cnc(Nc3ncnc4ncccc34)c2)cc(OC)c1OC. The summed E-state index contributed by atoms with van der Waals surface area (Å²) in [6.45, 7) is 0. The van der Waals surface area contributed by atoms with Crippen LogP contribution < -0.4 is 19.5 Å². The Balaban J connectivity index is 1.68. The van der Waals surface area contributed by atoms with Crippen LogP contribution in [0.5, 0.6) is 17.2 Å². The lowest BCUT2D eigenvalue weighted by Crippen LogP contribution is -1.99. The van der Waals surface area contributed by atoms with Crippen LogP contribution in [0, 0.1) is 0 Å². The highest BCUT2D eigenvalue weighted by molar-refractivity contribution is 5.87. The Kier molecular flexibility index (Phi) is 4.63. The van der Waals surface area contributed by atoms with Gasteiger partial charge in [-0.15, -0.1) is 0 Å². The maximum atomic E-state index is 5.41. The highest BCUT2D eigenvalue weighted by Crippen LogP contribution is 2.39. The number of nitrogens with one attached hydrogen (secondary N) is 1. The molecule has 142 valence electrons. The molecule has 0 spiro atoms. The fourth-order valence-corrected chi connectivity index (χ4v) is 2.86. The largest absolute Gasteiger partial charge is 0.493 e. The van der Waals surface area contributed by atoms with E-state index in [1.54, 1.807) is 33.9 Å². The summed E-state index contributed by atoms with van der Waals surface area (Å²) in [6.07, 6.45) is 6.68. The summed E-state index contributed by atoms with van der Waals surface area (Å²) in [6, 6.07) is 7.43. The van der Waals surface area contributed by atoms with Gasteiger partial charge < -0.3 is 24.1 Å². The minimum atomic E-state index is 0.534. The Hall–Kier alpha value is -3.88. The summed E-state index contributed by atoms with van der Waals surface area (Å²) in [5.74, 6) is 2.92. The molecule has 0 bridgehead atoms. The lowest BCUT2D eigenvalue weighted by atomic mass is 10.2. The molecule has 0 saturated heterocycles. The van der Waals surface area contributed by atoms with Crippen LogP contribution in [0.1, 0.15) is 0 Å². The zero-order chi connectivity index (χ0) is 19.5. The van der Waals surface area contributed by atoms with E-state index in [1.165, 1.54) is 6.33 Å². The smallest absolute Gasteiger partial charge is 0.203 e. The molecule has 0 atom stereocenters. The topological polar surface area (TPSA) is 96.2 Å². The number of benzene rings is 1. The van der Waals surface area contributed by atoms with Crippen molar-refractivity contribution in [3.63, 3.8) is 0 Å². The van der Waals surface area contributed by atoms with Crippen molar-refractivity contribution in [1.29, 1.82) is 0 Å². The van der Waals surface area contributed by atoms with E-state index in [4.69, 9.17) is 14.2 Å². The molecule has 0 aliphatic rings. The number of pyridine rings is 1. The monoisotopic (exact) mass is 378 g/mol. The van der Waals surface area contributed by atoms with Gasteiger partial charge in [-0.2, -0.15) is 0 Å². The summed E-state index contributed by atoms with van der Waals surface area (Å²) in [4.78, 5) is 17.1. The van der Waals surface area contributed by atoms with Crippen LogP contribution in [0.2, 0.25) is 0 Å². The van der Waals surface area contributed by atoms with Gasteiger partial charge in [-0.1, -0.05) is 0 Å². The van der Waals surface area contributed by atoms with Gasteiger partial charge in [-0.3, -0.25) is 0 Å². The summed E-state index contributed by atoms with van der Waals surface area (Å²) >= 11 is 0. The Morgan fingerprint density at radius 2 is 1.71 bits per heavy atom. The molecule has 0 fully saturated rings. The van der Waals surface area contributed by atoms with E-state index >= 15 is 0 Å². The molecule has 0 saturated carbocycles. The van der Waals surface area contributed by atoms with E-state index < -0.39 is 0 Å². The minimum Gasteiger partial charge on any atom is -0.493 e. The average molecular weight is 378 g/mol. The molecular weight excluding hydrogens is 360 g/mol. The van der Waals surface area contributed by atoms with Gasteiger partial charge in [0.05, 0.1) is 38.6 Å². The summed E-state index contributed by atoms with van der Waals surface area (Å²) in [7, 11) is 4.73. The van der Waals surface area contributed by atoms with Crippen molar-refractivity contribution >= 4 is 22.7 Å². The molecule has 28 heavy (non-hydrogen) atoms. The molecule has 1 aromatic carbocycles. The Morgan fingerprint density at radius 3 is 2.43 bits per heavy atom. The van der Waals surface area contributed by atoms with E-state index in [2.05, 4.69) is 25.3 Å². The van der Waals surface area contributed by atoms with E-state index in [0.29, 0.717) is 34.5 Å². The molecule has 3 aromatic heterocycles. The van der Waals surface area contributed by atoms with Gasteiger partial charge in [0.1, 0.15) is 24.3 Å². The zero-order valence-electron chi connectivity index (χ0n) is 15.6. The molecule has 0 aliphatic carbocycles. The molecule has 9 heteroatoms. The number of nitrogens with zero attached hydrogens (tertiary/aromatic N) is 5. The molecule has 0 unspecified atom stereocenters. The van der Waals surface area contributed by atoms with Crippen molar-refractivity contribution in [3.05, 3.63) is 49.3 Å². The minimum absolute atomic E-state index is 0.534. The van der Waals surface area contributed by atoms with E-state index in [0.717, 1.165) is 11.1 Å². The van der Waals surface area contributed by atoms with Crippen LogP contribution in [0.3, 0.4) is 0 Å². The van der Waals surface area contributed by atoms with Crippen molar-refractivity contribution in [2.75, 3.05) is 26.6 Å². The van der Waals surface area contributed by atoms with Crippen molar-refractivity contribution in [2.24, 2.45) is 0 Å². The molecule has 4 aromatic rings. The van der Waals surface area contributed by atoms with Crippen LogP contribution in [0.4, 0.5) is 11.6 Å². The Morgan fingerprint density at radius 1 is 0.929 bits per heavy atom. The van der Waals surface area contributed by atoms with Gasteiger partial charge in [0.25, 0.3) is 0 Å². The van der Waals surface area contributed by atoms with Gasteiger partial charge in [0, 0.05) is 18.3 Å². The lowest BCUT2D eigenvalue weighted by molar-refractivity contribution is 0.324. The number of anilines is 2. The standard InChI is InChI=1S/C19H18N6O3/c1-26-14-7-12(8-15(27-2)17(14)28-3)25-9-16(23-11-25)24-19-13-5-4-6-20-18(13)21-10-22-19/h4-11H,1-3H3,(H,20,21,22,24). The second-order valence-electron chi connectivity index (χ2n) is 5.77. The third-order valence-electron chi connectivity index (χ3n) is 4.19. The summed E-state index contributed by atoms with van der Waals surface area (Å²) in [5, 5.41) is 4.02. The molecule has 3 heterocycles. The molecule has 0 amide bonds. The molecule has 0 aliphatic heterocycles. The third kappa shape index (κ3) is 3.13. The molecule has 9 nitrogen and oxygen atoms in total. The number of aromatic nitrogens is 5. The second-order valence-corrected chi connectivity index (χ2v) is 5.77. The van der Waals surface area contributed by atoms with Crippen molar-refractivity contribution in [2.45, 2.75) is 0 Å². The summed E-state index contributed by atoms with van der Waals surface area (Å²) < 4.78 is 18.0. The zero-order valence-corrected chi connectivity index (χ0v) is 15.6. The van der Waals surface area contributed by atoms with Gasteiger partial charge in [-0.25, -0.2) is 19.9 Å². The van der Waals surface area contributed by atoms with Crippen molar-refractivity contribution in [3.8, 4) is 22.9 Å². The van der Waals surface area contributed by atoms with Crippen LogP contribution in [0.15, 0.2) is 49.3 Å². The van der Waals surface area contributed by atoms with E-state index in [9.17, 15) is 0 Å². The molecule has 1 N–H and O–H groups in total. The Labute approximate surface area is 161 Å². The number of rotatable bonds is 6. The average Bonchev–Trinajstić information content (AvgIpc) is 3.21. The highest BCUT2D eigenvalue weighted by Gasteiger charge is 2.15. The number of fused-ring (bicyclic) bond motifs is 1. The maximum absolute atomic E-state index is 5.41. The van der Waals surface area contributed by atoms with Crippen LogP contribution in [-0.2, 0) is 0 Å². The van der Waals surface area contributed by atoms with E-state index in [-0.39, 0.29) is 0 Å². The van der Waals surface area contributed by atoms with Crippen LogP contribution >= 0.6 is 0 Å². The number of imidazole rings is 1. The third-order valence-corrected chi connectivity index (χ3v) is 4.19. The molecule has 4 rings (SSSR count). The first-order valence-electron chi connectivity index (χ1n) is 8.40. The Bertz CT molecular complexity index is 1100. The first-order chi connectivity index (χ1) is 13.7. The fourth-order valence-electron chi connectivity index (χ4n) is 2.86. The molecule has 0 radical (unpaired) electrons. The first kappa shape index (κ1) is 17.5. The number of hydrogen-bond acceptors (Lipinski definition) is 8.